The first kappa shape index (κ1) is 28.7. The van der Waals surface area contributed by atoms with Crippen molar-refractivity contribution in [2.75, 3.05) is 55.6 Å². The number of anilines is 2. The first-order valence-electron chi connectivity index (χ1n) is 14.7. The Morgan fingerprint density at radius 3 is 2.85 bits per heavy atom. The van der Waals surface area contributed by atoms with Gasteiger partial charge in [-0.2, -0.15) is 0 Å². The van der Waals surface area contributed by atoms with Crippen LogP contribution in [0.4, 0.5) is 11.4 Å². The van der Waals surface area contributed by atoms with Crippen LogP contribution in [-0.2, 0) is 14.6 Å². The Morgan fingerprint density at radius 2 is 2.00 bits per heavy atom. The third-order valence-electron chi connectivity index (χ3n) is 8.43. The molecule has 4 heterocycles. The summed E-state index contributed by atoms with van der Waals surface area (Å²) in [6.45, 7) is 5.71. The Morgan fingerprint density at radius 1 is 1.10 bits per heavy atom. The quantitative estimate of drug-likeness (QED) is 0.230. The smallest absolute Gasteiger partial charge is 0.148 e. The van der Waals surface area contributed by atoms with Crippen molar-refractivity contribution in [3.05, 3.63) is 53.1 Å². The van der Waals surface area contributed by atoms with Crippen molar-refractivity contribution in [1.29, 1.82) is 0 Å². The molecule has 0 aliphatic carbocycles. The van der Waals surface area contributed by atoms with Crippen LogP contribution in [0.15, 0.2) is 36.4 Å². The van der Waals surface area contributed by atoms with Crippen molar-refractivity contribution in [2.45, 2.75) is 63.3 Å². The van der Waals surface area contributed by atoms with E-state index in [-0.39, 0.29) is 30.2 Å². The van der Waals surface area contributed by atoms with Crippen LogP contribution >= 0.6 is 0 Å². The molecule has 0 saturated carbocycles. The summed E-state index contributed by atoms with van der Waals surface area (Å²) in [4.78, 5) is 0. The summed E-state index contributed by atoms with van der Waals surface area (Å²) >= 11 is 0. The maximum absolute atomic E-state index is 11.4. The van der Waals surface area contributed by atoms with E-state index in [1.165, 1.54) is 6.26 Å². The van der Waals surface area contributed by atoms with Gasteiger partial charge in [0.1, 0.15) is 27.9 Å². The molecular weight excluding hydrogens is 542 g/mol. The normalized spacial score (nSPS) is 28.1. The number of rotatable bonds is 10. The molecule has 0 aromatic heterocycles. The molecule has 5 unspecified atom stereocenters. The molecule has 12 heteroatoms. The Bertz CT molecular complexity index is 1330. The highest BCUT2D eigenvalue weighted by Crippen LogP contribution is 2.37. The van der Waals surface area contributed by atoms with E-state index in [1.807, 2.05) is 0 Å². The van der Waals surface area contributed by atoms with Crippen molar-refractivity contribution >= 4 is 21.2 Å². The lowest BCUT2D eigenvalue weighted by Crippen LogP contribution is -2.48. The topological polar surface area (TPSA) is 128 Å². The lowest BCUT2D eigenvalue weighted by atomic mass is 9.99. The van der Waals surface area contributed by atoms with E-state index >= 15 is 0 Å². The van der Waals surface area contributed by atoms with Gasteiger partial charge in [-0.1, -0.05) is 6.07 Å². The number of benzene rings is 2. The molecule has 4 aliphatic rings. The van der Waals surface area contributed by atoms with E-state index in [0.29, 0.717) is 25.9 Å². The SMILES string of the molecule is Cc1cc(NC2NCNc3ccc(C4CCC(CNCCS(C)(=O)=O)O4)cc32)ccc1OC1CCN2NCNC2C1. The summed E-state index contributed by atoms with van der Waals surface area (Å²) in [5.41, 5.74) is 8.96. The zero-order valence-electron chi connectivity index (χ0n) is 23.9. The first-order valence-corrected chi connectivity index (χ1v) is 16.8. The number of hydrazine groups is 1. The molecule has 11 nitrogen and oxygen atoms in total. The largest absolute Gasteiger partial charge is 0.490 e. The summed E-state index contributed by atoms with van der Waals surface area (Å²) < 4.78 is 35.5. The molecule has 0 radical (unpaired) electrons. The van der Waals surface area contributed by atoms with E-state index in [1.54, 1.807) is 0 Å². The summed E-state index contributed by atoms with van der Waals surface area (Å²) in [5.74, 6) is 1.09. The van der Waals surface area contributed by atoms with Gasteiger partial charge in [0.2, 0.25) is 0 Å². The van der Waals surface area contributed by atoms with Gasteiger partial charge in [0.05, 0.1) is 37.5 Å². The predicted molar refractivity (Wildman–Crippen MR) is 160 cm³/mol. The molecule has 0 bridgehead atoms. The van der Waals surface area contributed by atoms with Crippen molar-refractivity contribution in [2.24, 2.45) is 0 Å². The van der Waals surface area contributed by atoms with Gasteiger partial charge in [-0.15, -0.1) is 0 Å². The fourth-order valence-electron chi connectivity index (χ4n) is 6.20. The number of fused-ring (bicyclic) bond motifs is 2. The van der Waals surface area contributed by atoms with Crippen LogP contribution in [-0.4, -0.2) is 76.8 Å². The van der Waals surface area contributed by atoms with Gasteiger partial charge in [-0.25, -0.2) is 18.9 Å². The number of sulfone groups is 1. The van der Waals surface area contributed by atoms with E-state index < -0.39 is 9.84 Å². The highest BCUT2D eigenvalue weighted by atomic mass is 32.2. The minimum absolute atomic E-state index is 0.0327. The zero-order chi connectivity index (χ0) is 28.4. The molecule has 6 N–H and O–H groups in total. The molecular formula is C29H43N7O4S. The average molecular weight is 586 g/mol. The molecule has 0 amide bonds. The van der Waals surface area contributed by atoms with Gasteiger partial charge in [-0.05, 0) is 67.6 Å². The van der Waals surface area contributed by atoms with Gasteiger partial charge in [0, 0.05) is 49.2 Å². The number of aryl methyl sites for hydroxylation is 1. The standard InChI is InChI=1S/C29H43N7O4S/c1-19-13-21(4-7-26(19)39-22-9-11-36-28(15-22)32-18-34-36)35-29-24-14-20(3-6-25(24)31-17-33-29)27-8-5-23(40-27)16-30-10-12-41(2,37)38/h3-4,6-7,13-14,22-23,27-35H,5,8-12,15-18H2,1-2H3. The Balaban J connectivity index is 1.06. The summed E-state index contributed by atoms with van der Waals surface area (Å²) in [5, 5.41) is 19.7. The number of nitrogens with zero attached hydrogens (tertiary/aromatic N) is 1. The van der Waals surface area contributed by atoms with Crippen LogP contribution in [0.1, 0.15) is 54.6 Å². The summed E-state index contributed by atoms with van der Waals surface area (Å²) in [7, 11) is -2.96. The van der Waals surface area contributed by atoms with E-state index in [2.05, 4.69) is 80.3 Å². The van der Waals surface area contributed by atoms with Crippen LogP contribution in [0.5, 0.6) is 5.75 Å². The van der Waals surface area contributed by atoms with E-state index in [4.69, 9.17) is 9.47 Å². The van der Waals surface area contributed by atoms with Gasteiger partial charge in [0.25, 0.3) is 0 Å². The molecule has 4 aliphatic heterocycles. The van der Waals surface area contributed by atoms with Crippen LogP contribution < -0.4 is 36.7 Å². The Labute approximate surface area is 243 Å². The minimum atomic E-state index is -2.96. The molecule has 0 spiro atoms. The van der Waals surface area contributed by atoms with Gasteiger partial charge >= 0.3 is 0 Å². The molecule has 2 aromatic rings. The van der Waals surface area contributed by atoms with Crippen molar-refractivity contribution in [1.82, 2.24) is 26.4 Å². The van der Waals surface area contributed by atoms with Gasteiger partial charge < -0.3 is 25.4 Å². The minimum Gasteiger partial charge on any atom is -0.490 e. The lowest BCUT2D eigenvalue weighted by Gasteiger charge is -2.34. The zero-order valence-corrected chi connectivity index (χ0v) is 24.7. The molecule has 3 saturated heterocycles. The second-order valence-electron chi connectivity index (χ2n) is 11.6. The summed E-state index contributed by atoms with van der Waals surface area (Å²) in [6.07, 6.45) is 5.76. The number of nitrogens with one attached hydrogen (secondary N) is 6. The van der Waals surface area contributed by atoms with Gasteiger partial charge in [0.15, 0.2) is 0 Å². The fraction of sp³-hybridized carbons (Fsp3) is 0.586. The second kappa shape index (κ2) is 12.4. The molecule has 41 heavy (non-hydrogen) atoms. The molecule has 2 aromatic carbocycles. The van der Waals surface area contributed by atoms with Crippen molar-refractivity contribution in [3.8, 4) is 5.75 Å². The van der Waals surface area contributed by atoms with Crippen LogP contribution in [0, 0.1) is 6.92 Å². The number of hydrogen-bond acceptors (Lipinski definition) is 11. The first-order chi connectivity index (χ1) is 19.8. The summed E-state index contributed by atoms with van der Waals surface area (Å²) in [6, 6.07) is 12.9. The van der Waals surface area contributed by atoms with Crippen molar-refractivity contribution < 1.29 is 17.9 Å². The third kappa shape index (κ3) is 7.14. The second-order valence-corrected chi connectivity index (χ2v) is 13.9. The van der Waals surface area contributed by atoms with Crippen LogP contribution in [0.25, 0.3) is 0 Å². The maximum atomic E-state index is 11.4. The number of ether oxygens (including phenoxy) is 2. The molecule has 224 valence electrons. The van der Waals surface area contributed by atoms with Crippen molar-refractivity contribution in [3.63, 3.8) is 0 Å². The Kier molecular flexibility index (Phi) is 8.68. The maximum Gasteiger partial charge on any atom is 0.148 e. The van der Waals surface area contributed by atoms with Crippen LogP contribution in [0.2, 0.25) is 0 Å². The number of hydrogen-bond donors (Lipinski definition) is 6. The fourth-order valence-corrected chi connectivity index (χ4v) is 6.71. The van der Waals surface area contributed by atoms with E-state index in [0.717, 1.165) is 72.7 Å². The van der Waals surface area contributed by atoms with Gasteiger partial charge in [-0.3, -0.25) is 10.6 Å². The molecule has 3 fully saturated rings. The highest BCUT2D eigenvalue weighted by molar-refractivity contribution is 7.90. The average Bonchev–Trinajstić information content (AvgIpc) is 3.62. The monoisotopic (exact) mass is 585 g/mol. The molecule has 6 rings (SSSR count). The number of piperidine rings is 1. The molecule has 5 atom stereocenters. The Hall–Kier alpha value is -2.45. The van der Waals surface area contributed by atoms with Crippen LogP contribution in [0.3, 0.4) is 0 Å². The lowest BCUT2D eigenvalue weighted by molar-refractivity contribution is 0.0452. The van der Waals surface area contributed by atoms with E-state index in [9.17, 15) is 8.42 Å². The highest BCUT2D eigenvalue weighted by Gasteiger charge is 2.33. The predicted octanol–water partition coefficient (Wildman–Crippen LogP) is 2.17. The third-order valence-corrected chi connectivity index (χ3v) is 9.37.